The van der Waals surface area contributed by atoms with Crippen LogP contribution in [0.3, 0.4) is 0 Å². The van der Waals surface area contributed by atoms with E-state index in [0.29, 0.717) is 5.88 Å². The number of hydrogen-bond acceptors (Lipinski definition) is 4. The zero-order valence-electron chi connectivity index (χ0n) is 12.5. The minimum Gasteiger partial charge on any atom is -0.361 e. The average Bonchev–Trinajstić information content (AvgIpc) is 3.00. The first kappa shape index (κ1) is 14.1. The predicted molar refractivity (Wildman–Crippen MR) is 81.6 cm³/mol. The molecule has 110 valence electrons. The highest BCUT2D eigenvalue weighted by Gasteiger charge is 2.23. The van der Waals surface area contributed by atoms with Crippen LogP contribution in [0.2, 0.25) is 0 Å². The highest BCUT2D eigenvalue weighted by molar-refractivity contribution is 6.16. The lowest BCUT2D eigenvalue weighted by atomic mass is 10.1. The Morgan fingerprint density at radius 2 is 2.10 bits per heavy atom. The number of aryl methyl sites for hydroxylation is 3. The van der Waals surface area contributed by atoms with Gasteiger partial charge in [-0.25, -0.2) is 9.97 Å². The Labute approximate surface area is 127 Å². The molecule has 1 atom stereocenters. The molecule has 0 saturated carbocycles. The van der Waals surface area contributed by atoms with Crippen LogP contribution in [-0.4, -0.2) is 19.7 Å². The van der Waals surface area contributed by atoms with Crippen LogP contribution in [-0.2, 0) is 5.88 Å². The lowest BCUT2D eigenvalue weighted by molar-refractivity contribution is 0.391. The number of fused-ring (bicyclic) bond motifs is 1. The third-order valence-corrected chi connectivity index (χ3v) is 4.11. The molecule has 0 spiro atoms. The number of halogens is 1. The zero-order chi connectivity index (χ0) is 15.1. The van der Waals surface area contributed by atoms with Crippen LogP contribution in [0.1, 0.15) is 41.4 Å². The molecule has 0 amide bonds. The van der Waals surface area contributed by atoms with Crippen LogP contribution >= 0.6 is 11.6 Å². The van der Waals surface area contributed by atoms with Crippen LogP contribution in [0.15, 0.2) is 16.8 Å². The molecule has 1 unspecified atom stereocenters. The van der Waals surface area contributed by atoms with E-state index in [1.807, 2.05) is 26.8 Å². The maximum Gasteiger partial charge on any atom is 0.160 e. The third kappa shape index (κ3) is 2.12. The van der Waals surface area contributed by atoms with E-state index in [9.17, 15) is 0 Å². The molecule has 0 N–H and O–H groups in total. The highest BCUT2D eigenvalue weighted by atomic mass is 35.5. The lowest BCUT2D eigenvalue weighted by Crippen LogP contribution is -2.12. The van der Waals surface area contributed by atoms with Crippen molar-refractivity contribution in [3.8, 4) is 0 Å². The predicted octanol–water partition coefficient (Wildman–Crippen LogP) is 3.69. The normalized spacial score (nSPS) is 13.0. The van der Waals surface area contributed by atoms with Crippen LogP contribution in [0.4, 0.5) is 0 Å². The standard InChI is InChI=1S/C15H17ClN4O/c1-8-5-6-17-15-14(8)18-12(7-16)20(15)10(3)13-9(2)19-21-11(13)4/h5-6,10H,7H2,1-4H3. The maximum atomic E-state index is 6.09. The second-order valence-electron chi connectivity index (χ2n) is 5.25. The smallest absolute Gasteiger partial charge is 0.160 e. The summed E-state index contributed by atoms with van der Waals surface area (Å²) in [5.74, 6) is 1.96. The number of rotatable bonds is 3. The molecule has 0 aliphatic heterocycles. The van der Waals surface area contributed by atoms with Gasteiger partial charge in [0.25, 0.3) is 0 Å². The van der Waals surface area contributed by atoms with Gasteiger partial charge in [-0.3, -0.25) is 0 Å². The van der Waals surface area contributed by atoms with Gasteiger partial charge in [-0.2, -0.15) is 0 Å². The summed E-state index contributed by atoms with van der Waals surface area (Å²) >= 11 is 6.09. The first-order valence-electron chi connectivity index (χ1n) is 6.85. The van der Waals surface area contributed by atoms with Gasteiger partial charge >= 0.3 is 0 Å². The van der Waals surface area contributed by atoms with E-state index in [1.54, 1.807) is 6.20 Å². The zero-order valence-corrected chi connectivity index (χ0v) is 13.3. The van der Waals surface area contributed by atoms with Crippen molar-refractivity contribution in [3.05, 3.63) is 40.7 Å². The van der Waals surface area contributed by atoms with Gasteiger partial charge in [0, 0.05) is 11.8 Å². The second kappa shape index (κ2) is 5.15. The maximum absolute atomic E-state index is 6.09. The number of imidazole rings is 1. The van der Waals surface area contributed by atoms with Gasteiger partial charge in [0.1, 0.15) is 17.1 Å². The molecule has 3 aromatic heterocycles. The lowest BCUT2D eigenvalue weighted by Gasteiger charge is -2.16. The number of alkyl halides is 1. The van der Waals surface area contributed by atoms with Crippen molar-refractivity contribution < 1.29 is 4.52 Å². The fraction of sp³-hybridized carbons (Fsp3) is 0.400. The fourth-order valence-corrected chi connectivity index (χ4v) is 3.06. The van der Waals surface area contributed by atoms with E-state index >= 15 is 0 Å². The van der Waals surface area contributed by atoms with Gasteiger partial charge in [0.2, 0.25) is 0 Å². The van der Waals surface area contributed by atoms with Crippen LogP contribution < -0.4 is 0 Å². The molecule has 3 aromatic rings. The summed E-state index contributed by atoms with van der Waals surface area (Å²) in [7, 11) is 0. The van der Waals surface area contributed by atoms with Crippen molar-refractivity contribution in [1.82, 2.24) is 19.7 Å². The first-order valence-corrected chi connectivity index (χ1v) is 7.39. The van der Waals surface area contributed by atoms with E-state index < -0.39 is 0 Å². The van der Waals surface area contributed by atoms with Gasteiger partial charge in [-0.05, 0) is 39.3 Å². The summed E-state index contributed by atoms with van der Waals surface area (Å²) in [5.41, 5.74) is 4.78. The van der Waals surface area contributed by atoms with Crippen LogP contribution in [0.25, 0.3) is 11.2 Å². The van der Waals surface area contributed by atoms with E-state index in [2.05, 4.69) is 26.6 Å². The summed E-state index contributed by atoms with van der Waals surface area (Å²) < 4.78 is 7.36. The molecular weight excluding hydrogens is 288 g/mol. The molecular formula is C15H17ClN4O. The molecule has 0 saturated heterocycles. The minimum atomic E-state index is 0.0179. The molecule has 3 rings (SSSR count). The average molecular weight is 305 g/mol. The largest absolute Gasteiger partial charge is 0.361 e. The Bertz CT molecular complexity index is 786. The van der Waals surface area contributed by atoms with Gasteiger partial charge < -0.3 is 9.09 Å². The summed E-state index contributed by atoms with van der Waals surface area (Å²) in [6.45, 7) is 7.98. The topological polar surface area (TPSA) is 56.7 Å². The first-order chi connectivity index (χ1) is 10.0. The Kier molecular flexibility index (Phi) is 3.45. The van der Waals surface area contributed by atoms with E-state index in [0.717, 1.165) is 39.6 Å². The Hall–Kier alpha value is -1.88. The Balaban J connectivity index is 2.26. The molecule has 0 bridgehead atoms. The number of aromatic nitrogens is 4. The molecule has 6 heteroatoms. The van der Waals surface area contributed by atoms with Gasteiger partial charge in [-0.15, -0.1) is 11.6 Å². The highest BCUT2D eigenvalue weighted by Crippen LogP contribution is 2.30. The number of nitrogens with zero attached hydrogens (tertiary/aromatic N) is 4. The second-order valence-corrected chi connectivity index (χ2v) is 5.51. The molecule has 0 aromatic carbocycles. The monoisotopic (exact) mass is 304 g/mol. The third-order valence-electron chi connectivity index (χ3n) is 3.87. The van der Waals surface area contributed by atoms with Crippen molar-refractivity contribution >= 4 is 22.8 Å². The molecule has 5 nitrogen and oxygen atoms in total. The van der Waals surface area contributed by atoms with E-state index in [-0.39, 0.29) is 6.04 Å². The summed E-state index contributed by atoms with van der Waals surface area (Å²) in [4.78, 5) is 9.13. The fourth-order valence-electron chi connectivity index (χ4n) is 2.87. The quantitative estimate of drug-likeness (QED) is 0.692. The molecule has 0 fully saturated rings. The van der Waals surface area contributed by atoms with Crippen molar-refractivity contribution in [2.45, 2.75) is 39.6 Å². The number of pyridine rings is 1. The minimum absolute atomic E-state index is 0.0179. The van der Waals surface area contributed by atoms with Crippen molar-refractivity contribution in [2.24, 2.45) is 0 Å². The van der Waals surface area contributed by atoms with Gasteiger partial charge in [-0.1, -0.05) is 5.16 Å². The summed E-state index contributed by atoms with van der Waals surface area (Å²) in [5, 5.41) is 4.04. The molecule has 0 aliphatic carbocycles. The van der Waals surface area contributed by atoms with E-state index in [4.69, 9.17) is 16.1 Å². The SMILES string of the molecule is Cc1noc(C)c1C(C)n1c(CCl)nc2c(C)ccnc21. The molecule has 0 aliphatic rings. The molecule has 0 radical (unpaired) electrons. The summed E-state index contributed by atoms with van der Waals surface area (Å²) in [6, 6.07) is 1.97. The van der Waals surface area contributed by atoms with Gasteiger partial charge in [0.15, 0.2) is 5.65 Å². The number of hydrogen-bond donors (Lipinski definition) is 0. The van der Waals surface area contributed by atoms with E-state index in [1.165, 1.54) is 0 Å². The molecule has 3 heterocycles. The van der Waals surface area contributed by atoms with Crippen molar-refractivity contribution in [3.63, 3.8) is 0 Å². The van der Waals surface area contributed by atoms with Crippen LogP contribution in [0, 0.1) is 20.8 Å². The Morgan fingerprint density at radius 3 is 2.71 bits per heavy atom. The van der Waals surface area contributed by atoms with Crippen molar-refractivity contribution in [1.29, 1.82) is 0 Å². The summed E-state index contributed by atoms with van der Waals surface area (Å²) in [6.07, 6.45) is 1.80. The van der Waals surface area contributed by atoms with Crippen molar-refractivity contribution in [2.75, 3.05) is 0 Å². The van der Waals surface area contributed by atoms with Crippen LogP contribution in [0.5, 0.6) is 0 Å². The Morgan fingerprint density at radius 1 is 1.33 bits per heavy atom. The molecule has 21 heavy (non-hydrogen) atoms. The van der Waals surface area contributed by atoms with Gasteiger partial charge in [0.05, 0.1) is 17.6 Å².